The minimum absolute atomic E-state index is 0. The predicted octanol–water partition coefficient (Wildman–Crippen LogP) is 4.64. The van der Waals surface area contributed by atoms with Gasteiger partial charge in [-0.25, -0.2) is 0 Å². The van der Waals surface area contributed by atoms with E-state index in [4.69, 9.17) is 0 Å². The molecule has 1 aromatic rings. The zero-order chi connectivity index (χ0) is 11.4. The van der Waals surface area contributed by atoms with Crippen LogP contribution in [0.5, 0.6) is 0 Å². The lowest BCUT2D eigenvalue weighted by Gasteiger charge is -2.27. The minimum Gasteiger partial charge on any atom is -0.314 e. The summed E-state index contributed by atoms with van der Waals surface area (Å²) in [4.78, 5) is 1.48. The first kappa shape index (κ1) is 15.5. The predicted molar refractivity (Wildman–Crippen MR) is 82.4 cm³/mol. The zero-order valence-corrected chi connectivity index (χ0v) is 13.5. The van der Waals surface area contributed by atoms with Crippen molar-refractivity contribution in [2.75, 3.05) is 6.54 Å². The van der Waals surface area contributed by atoms with Crippen LogP contribution in [0, 0.1) is 5.92 Å². The van der Waals surface area contributed by atoms with Gasteiger partial charge in [-0.05, 0) is 53.2 Å². The van der Waals surface area contributed by atoms with Crippen LogP contribution in [0.4, 0.5) is 0 Å². The minimum atomic E-state index is 0. The molecule has 0 amide bonds. The van der Waals surface area contributed by atoms with Gasteiger partial charge in [0.15, 0.2) is 0 Å². The van der Waals surface area contributed by atoms with E-state index < -0.39 is 0 Å². The van der Waals surface area contributed by atoms with Gasteiger partial charge in [-0.2, -0.15) is 0 Å². The topological polar surface area (TPSA) is 12.0 Å². The van der Waals surface area contributed by atoms with Gasteiger partial charge in [0, 0.05) is 17.5 Å². The molecule has 2 rings (SSSR count). The maximum Gasteiger partial charge on any atom is 0.0701 e. The third-order valence-corrected chi connectivity index (χ3v) is 5.05. The Morgan fingerprint density at radius 1 is 1.41 bits per heavy atom. The van der Waals surface area contributed by atoms with Crippen molar-refractivity contribution in [2.24, 2.45) is 5.92 Å². The molecule has 17 heavy (non-hydrogen) atoms. The highest BCUT2D eigenvalue weighted by molar-refractivity contribution is 9.11. The molecular weight excluding hydrogens is 318 g/mol. The second-order valence-electron chi connectivity index (χ2n) is 4.88. The van der Waals surface area contributed by atoms with Crippen molar-refractivity contribution >= 4 is 39.7 Å². The van der Waals surface area contributed by atoms with E-state index in [-0.39, 0.29) is 12.4 Å². The summed E-state index contributed by atoms with van der Waals surface area (Å²) in [6.45, 7) is 3.51. The van der Waals surface area contributed by atoms with Crippen LogP contribution in [-0.4, -0.2) is 12.6 Å². The Balaban J connectivity index is 0.00000144. The molecular formula is C13H21BrClNS. The number of hydrogen-bond donors (Lipinski definition) is 1. The molecule has 0 aromatic carbocycles. The molecule has 1 saturated carbocycles. The SMILES string of the molecule is CC1CCCC(NCCc2ccc(Br)s2)C1.Cl. The van der Waals surface area contributed by atoms with Crippen molar-refractivity contribution in [3.63, 3.8) is 0 Å². The lowest BCUT2D eigenvalue weighted by molar-refractivity contribution is 0.303. The average Bonchev–Trinajstić information content (AvgIpc) is 2.64. The van der Waals surface area contributed by atoms with Crippen molar-refractivity contribution in [2.45, 2.75) is 45.1 Å². The van der Waals surface area contributed by atoms with E-state index in [2.05, 4.69) is 40.3 Å². The van der Waals surface area contributed by atoms with Crippen LogP contribution in [0.1, 0.15) is 37.5 Å². The molecule has 1 aliphatic rings. The highest BCUT2D eigenvalue weighted by Crippen LogP contribution is 2.24. The molecule has 0 saturated heterocycles. The standard InChI is InChI=1S/C13H20BrNS.ClH/c1-10-3-2-4-11(9-10)15-8-7-12-5-6-13(14)16-12;/h5-6,10-11,15H,2-4,7-9H2,1H3;1H. The molecule has 98 valence electrons. The molecule has 1 fully saturated rings. The highest BCUT2D eigenvalue weighted by atomic mass is 79.9. The Morgan fingerprint density at radius 3 is 2.88 bits per heavy atom. The molecule has 0 spiro atoms. The van der Waals surface area contributed by atoms with Crippen molar-refractivity contribution in [3.8, 4) is 0 Å². The smallest absolute Gasteiger partial charge is 0.0701 e. The Labute approximate surface area is 123 Å². The highest BCUT2D eigenvalue weighted by Gasteiger charge is 2.17. The first-order valence-electron chi connectivity index (χ1n) is 6.21. The molecule has 1 heterocycles. The van der Waals surface area contributed by atoms with Gasteiger partial charge < -0.3 is 5.32 Å². The van der Waals surface area contributed by atoms with Crippen LogP contribution in [-0.2, 0) is 6.42 Å². The monoisotopic (exact) mass is 337 g/mol. The van der Waals surface area contributed by atoms with Crippen molar-refractivity contribution in [3.05, 3.63) is 20.8 Å². The summed E-state index contributed by atoms with van der Waals surface area (Å²) in [5, 5.41) is 3.70. The van der Waals surface area contributed by atoms with E-state index >= 15 is 0 Å². The van der Waals surface area contributed by atoms with Crippen LogP contribution in [0.25, 0.3) is 0 Å². The van der Waals surface area contributed by atoms with Crippen LogP contribution < -0.4 is 5.32 Å². The average molecular weight is 339 g/mol. The number of nitrogens with one attached hydrogen (secondary N) is 1. The summed E-state index contributed by atoms with van der Waals surface area (Å²) in [6, 6.07) is 5.13. The molecule has 0 bridgehead atoms. The zero-order valence-electron chi connectivity index (χ0n) is 10.2. The number of rotatable bonds is 4. The Bertz CT molecular complexity index is 329. The van der Waals surface area contributed by atoms with Gasteiger partial charge in [0.2, 0.25) is 0 Å². The molecule has 1 N–H and O–H groups in total. The third kappa shape index (κ3) is 5.29. The maximum absolute atomic E-state index is 3.70. The molecule has 0 aliphatic heterocycles. The molecule has 1 nitrogen and oxygen atoms in total. The fourth-order valence-electron chi connectivity index (χ4n) is 2.51. The van der Waals surface area contributed by atoms with Gasteiger partial charge in [-0.1, -0.05) is 19.8 Å². The summed E-state index contributed by atoms with van der Waals surface area (Å²) >= 11 is 5.36. The van der Waals surface area contributed by atoms with Crippen LogP contribution >= 0.6 is 39.7 Å². The molecule has 4 heteroatoms. The van der Waals surface area contributed by atoms with Crippen LogP contribution in [0.3, 0.4) is 0 Å². The summed E-state index contributed by atoms with van der Waals surface area (Å²) in [5.74, 6) is 0.919. The van der Waals surface area contributed by atoms with Gasteiger partial charge in [0.1, 0.15) is 0 Å². The fraction of sp³-hybridized carbons (Fsp3) is 0.692. The Hall–Kier alpha value is 0.430. The van der Waals surface area contributed by atoms with E-state index in [1.54, 1.807) is 0 Å². The van der Waals surface area contributed by atoms with Crippen LogP contribution in [0.15, 0.2) is 15.9 Å². The Morgan fingerprint density at radius 2 is 2.24 bits per heavy atom. The summed E-state index contributed by atoms with van der Waals surface area (Å²) < 4.78 is 1.24. The molecule has 2 unspecified atom stereocenters. The first-order chi connectivity index (χ1) is 7.74. The van der Waals surface area contributed by atoms with E-state index in [0.717, 1.165) is 18.5 Å². The molecule has 2 atom stereocenters. The van der Waals surface area contributed by atoms with Crippen LogP contribution in [0.2, 0.25) is 0 Å². The number of halogens is 2. The van der Waals surface area contributed by atoms with Gasteiger partial charge in [-0.3, -0.25) is 0 Å². The van der Waals surface area contributed by atoms with Gasteiger partial charge in [0.05, 0.1) is 3.79 Å². The quantitative estimate of drug-likeness (QED) is 0.843. The Kier molecular flexibility index (Phi) is 7.08. The number of hydrogen-bond acceptors (Lipinski definition) is 2. The van der Waals surface area contributed by atoms with Gasteiger partial charge in [0.25, 0.3) is 0 Å². The third-order valence-electron chi connectivity index (χ3n) is 3.37. The van der Waals surface area contributed by atoms with E-state index in [0.29, 0.717) is 0 Å². The van der Waals surface area contributed by atoms with Crippen molar-refractivity contribution < 1.29 is 0 Å². The lowest BCUT2D eigenvalue weighted by Crippen LogP contribution is -2.34. The summed E-state index contributed by atoms with van der Waals surface area (Å²) in [5.41, 5.74) is 0. The van der Waals surface area contributed by atoms with Gasteiger partial charge >= 0.3 is 0 Å². The number of thiophene rings is 1. The van der Waals surface area contributed by atoms with Gasteiger partial charge in [-0.15, -0.1) is 23.7 Å². The fourth-order valence-corrected chi connectivity index (χ4v) is 3.99. The van der Waals surface area contributed by atoms with E-state index in [1.807, 2.05) is 11.3 Å². The second-order valence-corrected chi connectivity index (χ2v) is 7.43. The van der Waals surface area contributed by atoms with Crippen molar-refractivity contribution in [1.29, 1.82) is 0 Å². The maximum atomic E-state index is 3.70. The lowest BCUT2D eigenvalue weighted by atomic mass is 9.87. The molecule has 0 radical (unpaired) electrons. The largest absolute Gasteiger partial charge is 0.314 e. The normalized spacial score (nSPS) is 24.4. The first-order valence-corrected chi connectivity index (χ1v) is 7.82. The molecule has 1 aromatic heterocycles. The van der Waals surface area contributed by atoms with E-state index in [9.17, 15) is 0 Å². The summed E-state index contributed by atoms with van der Waals surface area (Å²) in [7, 11) is 0. The summed E-state index contributed by atoms with van der Waals surface area (Å²) in [6.07, 6.45) is 6.74. The second kappa shape index (κ2) is 7.78. The van der Waals surface area contributed by atoms with E-state index in [1.165, 1.54) is 40.8 Å². The van der Waals surface area contributed by atoms with Crippen molar-refractivity contribution in [1.82, 2.24) is 5.32 Å². The molecule has 1 aliphatic carbocycles.